The monoisotopic (exact) mass is 508 g/mol. The molecule has 1 saturated carbocycles. The standard InChI is InChI=1S/C29H40N4O4/c1-2-7-19-8-5-9-20(16-19)32-21-10-6-11-22(32)18-23(17-21)33-26-13-4-3-12-24(26)30-28(29(33)36)25(31-37)14-15-27(34)35/h3-4,12-13,19-23,37H,2,5-11,14-18H2,1H3,(H,34,35)/b31-25+/t19?,20-,21-,22+,23+/m1/s1. The highest BCUT2D eigenvalue weighted by Crippen LogP contribution is 2.44. The van der Waals surface area contributed by atoms with Crippen LogP contribution in [0.2, 0.25) is 0 Å². The zero-order chi connectivity index (χ0) is 25.9. The number of hydrogen-bond acceptors (Lipinski definition) is 6. The third-order valence-corrected chi connectivity index (χ3v) is 9.01. The summed E-state index contributed by atoms with van der Waals surface area (Å²) in [5.41, 5.74) is 1.27. The molecule has 0 amide bonds. The fourth-order valence-corrected chi connectivity index (χ4v) is 7.55. The first kappa shape index (κ1) is 25.9. The highest BCUT2D eigenvalue weighted by atomic mass is 16.4. The molecule has 0 radical (unpaired) electrons. The maximum absolute atomic E-state index is 13.9. The minimum absolute atomic E-state index is 0.0358. The van der Waals surface area contributed by atoms with Crippen molar-refractivity contribution in [2.75, 3.05) is 0 Å². The summed E-state index contributed by atoms with van der Waals surface area (Å²) in [6.45, 7) is 2.30. The van der Waals surface area contributed by atoms with Gasteiger partial charge in [0.1, 0.15) is 5.71 Å². The molecular weight excluding hydrogens is 468 g/mol. The zero-order valence-electron chi connectivity index (χ0n) is 21.9. The molecule has 8 heteroatoms. The molecule has 2 bridgehead atoms. The van der Waals surface area contributed by atoms with Gasteiger partial charge in [0.05, 0.1) is 17.5 Å². The van der Waals surface area contributed by atoms with Crippen LogP contribution in [0.5, 0.6) is 0 Å². The van der Waals surface area contributed by atoms with E-state index in [2.05, 4.69) is 22.0 Å². The van der Waals surface area contributed by atoms with E-state index in [1.807, 2.05) is 28.8 Å². The molecule has 3 aliphatic rings. The largest absolute Gasteiger partial charge is 0.481 e. The highest BCUT2D eigenvalue weighted by molar-refractivity contribution is 6.00. The topological polar surface area (TPSA) is 108 Å². The molecule has 2 aromatic rings. The Balaban J connectivity index is 1.48. The highest BCUT2D eigenvalue weighted by Gasteiger charge is 2.43. The van der Waals surface area contributed by atoms with Gasteiger partial charge >= 0.3 is 5.97 Å². The molecule has 1 aromatic heterocycles. The van der Waals surface area contributed by atoms with Crippen LogP contribution in [0.15, 0.2) is 34.2 Å². The van der Waals surface area contributed by atoms with Gasteiger partial charge in [0.25, 0.3) is 5.56 Å². The van der Waals surface area contributed by atoms with Crippen molar-refractivity contribution in [3.05, 3.63) is 40.3 Å². The molecule has 1 aliphatic carbocycles. The van der Waals surface area contributed by atoms with Crippen molar-refractivity contribution in [1.29, 1.82) is 0 Å². The molecule has 5 atom stereocenters. The lowest BCUT2D eigenvalue weighted by Gasteiger charge is -2.54. The summed E-state index contributed by atoms with van der Waals surface area (Å²) in [5, 5.41) is 22.1. The van der Waals surface area contributed by atoms with E-state index in [9.17, 15) is 14.8 Å². The number of piperidine rings is 2. The number of rotatable bonds is 8. The van der Waals surface area contributed by atoms with E-state index in [1.54, 1.807) is 0 Å². The minimum Gasteiger partial charge on any atom is -0.481 e. The number of fused-ring (bicyclic) bond motifs is 3. The van der Waals surface area contributed by atoms with E-state index >= 15 is 0 Å². The third kappa shape index (κ3) is 5.31. The lowest BCUT2D eigenvalue weighted by Crippen LogP contribution is -2.58. The van der Waals surface area contributed by atoms with Crippen LogP contribution in [0.1, 0.15) is 102 Å². The number of carbonyl (C=O) groups is 1. The van der Waals surface area contributed by atoms with Crippen molar-refractivity contribution in [2.24, 2.45) is 11.1 Å². The Morgan fingerprint density at radius 3 is 2.35 bits per heavy atom. The van der Waals surface area contributed by atoms with E-state index in [0.717, 1.165) is 24.3 Å². The molecule has 8 nitrogen and oxygen atoms in total. The Morgan fingerprint density at radius 1 is 1.00 bits per heavy atom. The van der Waals surface area contributed by atoms with Crippen LogP contribution >= 0.6 is 0 Å². The fourth-order valence-electron chi connectivity index (χ4n) is 7.55. The number of aliphatic carboxylic acids is 1. The Labute approximate surface area is 218 Å². The van der Waals surface area contributed by atoms with Gasteiger partial charge in [0, 0.05) is 30.6 Å². The van der Waals surface area contributed by atoms with Crippen LogP contribution in [0.25, 0.3) is 11.0 Å². The number of hydrogen-bond donors (Lipinski definition) is 2. The molecule has 3 heterocycles. The number of para-hydroxylation sites is 2. The van der Waals surface area contributed by atoms with Crippen LogP contribution in [0, 0.1) is 5.92 Å². The van der Waals surface area contributed by atoms with Gasteiger partial charge in [-0.3, -0.25) is 14.5 Å². The summed E-state index contributed by atoms with van der Waals surface area (Å²) in [4.78, 5) is 32.4. The van der Waals surface area contributed by atoms with E-state index in [-0.39, 0.29) is 35.8 Å². The smallest absolute Gasteiger partial charge is 0.303 e. The second-order valence-electron chi connectivity index (χ2n) is 11.4. The number of aromatic nitrogens is 2. The SMILES string of the molecule is CCCC1CCC[C@@H](N2[C@@H]3CCC[C@H]2C[C@@H](n2c(=O)c(/C(CCC(=O)O)=N/O)nc4ccccc42)C3)C1. The quantitative estimate of drug-likeness (QED) is 0.282. The Kier molecular flexibility index (Phi) is 7.93. The number of oxime groups is 1. The van der Waals surface area contributed by atoms with Crippen molar-refractivity contribution in [3.63, 3.8) is 0 Å². The van der Waals surface area contributed by atoms with Crippen molar-refractivity contribution in [3.8, 4) is 0 Å². The predicted octanol–water partition coefficient (Wildman–Crippen LogP) is 5.36. The summed E-state index contributed by atoms with van der Waals surface area (Å²) in [7, 11) is 0. The van der Waals surface area contributed by atoms with Crippen molar-refractivity contribution in [1.82, 2.24) is 14.5 Å². The van der Waals surface area contributed by atoms with Gasteiger partial charge in [0.2, 0.25) is 0 Å². The van der Waals surface area contributed by atoms with Crippen LogP contribution in [-0.4, -0.2) is 54.6 Å². The Morgan fingerprint density at radius 2 is 1.68 bits per heavy atom. The lowest BCUT2D eigenvalue weighted by atomic mass is 9.76. The summed E-state index contributed by atoms with van der Waals surface area (Å²) >= 11 is 0. The molecule has 200 valence electrons. The van der Waals surface area contributed by atoms with Gasteiger partial charge in [-0.25, -0.2) is 4.98 Å². The maximum atomic E-state index is 13.9. The Hall–Kier alpha value is -2.74. The lowest BCUT2D eigenvalue weighted by molar-refractivity contribution is -0.136. The first-order chi connectivity index (χ1) is 18.0. The molecule has 3 fully saturated rings. The molecular formula is C29H40N4O4. The second kappa shape index (κ2) is 11.3. The number of benzene rings is 1. The molecule has 2 aliphatic heterocycles. The van der Waals surface area contributed by atoms with Gasteiger partial charge < -0.3 is 14.9 Å². The second-order valence-corrected chi connectivity index (χ2v) is 11.4. The number of carboxylic acid groups (broad SMARTS) is 1. The summed E-state index contributed by atoms with van der Waals surface area (Å²) in [5.74, 6) is -0.162. The zero-order valence-corrected chi connectivity index (χ0v) is 21.9. The van der Waals surface area contributed by atoms with Crippen LogP contribution in [-0.2, 0) is 4.79 Å². The maximum Gasteiger partial charge on any atom is 0.303 e. The van der Waals surface area contributed by atoms with E-state index in [1.165, 1.54) is 57.8 Å². The van der Waals surface area contributed by atoms with Crippen LogP contribution in [0.3, 0.4) is 0 Å². The van der Waals surface area contributed by atoms with Gasteiger partial charge in [-0.05, 0) is 56.6 Å². The molecule has 2 N–H and O–H groups in total. The van der Waals surface area contributed by atoms with E-state index < -0.39 is 5.97 Å². The average molecular weight is 509 g/mol. The number of carboxylic acids is 1. The van der Waals surface area contributed by atoms with E-state index in [4.69, 9.17) is 5.11 Å². The van der Waals surface area contributed by atoms with Gasteiger partial charge in [0.15, 0.2) is 5.69 Å². The molecule has 5 rings (SSSR count). The van der Waals surface area contributed by atoms with Gasteiger partial charge in [-0.2, -0.15) is 0 Å². The van der Waals surface area contributed by atoms with Crippen molar-refractivity contribution in [2.45, 2.75) is 115 Å². The third-order valence-electron chi connectivity index (χ3n) is 9.01. The molecule has 0 spiro atoms. The van der Waals surface area contributed by atoms with E-state index in [0.29, 0.717) is 23.6 Å². The van der Waals surface area contributed by atoms with Crippen molar-refractivity contribution < 1.29 is 15.1 Å². The summed E-state index contributed by atoms with van der Waals surface area (Å²) in [6, 6.07) is 9.27. The Bertz CT molecular complexity index is 1190. The molecule has 1 unspecified atom stereocenters. The van der Waals surface area contributed by atoms with Gasteiger partial charge in [-0.15, -0.1) is 0 Å². The van der Waals surface area contributed by atoms with Crippen molar-refractivity contribution >= 4 is 22.7 Å². The molecule has 1 aromatic carbocycles. The normalized spacial score (nSPS) is 28.9. The molecule has 2 saturated heterocycles. The summed E-state index contributed by atoms with van der Waals surface area (Å²) < 4.78 is 1.88. The molecule has 37 heavy (non-hydrogen) atoms. The van der Waals surface area contributed by atoms with Crippen LogP contribution < -0.4 is 5.56 Å². The fraction of sp³-hybridized carbons (Fsp3) is 0.655. The van der Waals surface area contributed by atoms with Crippen LogP contribution in [0.4, 0.5) is 0 Å². The first-order valence-electron chi connectivity index (χ1n) is 14.2. The predicted molar refractivity (Wildman–Crippen MR) is 143 cm³/mol. The summed E-state index contributed by atoms with van der Waals surface area (Å²) in [6.07, 6.45) is 13.1. The van der Waals surface area contributed by atoms with Gasteiger partial charge in [-0.1, -0.05) is 56.3 Å². The minimum atomic E-state index is -1.01. The average Bonchev–Trinajstić information content (AvgIpc) is 2.89. The number of nitrogens with zero attached hydrogens (tertiary/aromatic N) is 4. The first-order valence-corrected chi connectivity index (χ1v) is 14.2.